The van der Waals surface area contributed by atoms with Gasteiger partial charge >= 0.3 is 0 Å². The average molecular weight is 306 g/mol. The van der Waals surface area contributed by atoms with Crippen molar-refractivity contribution < 1.29 is 4.79 Å². The second-order valence-electron chi connectivity index (χ2n) is 6.93. The number of rotatable bonds is 4. The summed E-state index contributed by atoms with van der Waals surface area (Å²) < 4.78 is 0. The van der Waals surface area contributed by atoms with E-state index in [-0.39, 0.29) is 11.9 Å². The van der Waals surface area contributed by atoms with Gasteiger partial charge < -0.3 is 10.6 Å². The van der Waals surface area contributed by atoms with Gasteiger partial charge in [-0.3, -0.25) is 4.79 Å². The molecule has 3 nitrogen and oxygen atoms in total. The van der Waals surface area contributed by atoms with Gasteiger partial charge in [-0.25, -0.2) is 0 Å². The van der Waals surface area contributed by atoms with Gasteiger partial charge in [-0.15, -0.1) is 0 Å². The number of benzene rings is 1. The Labute approximate surface area is 132 Å². The zero-order valence-corrected chi connectivity index (χ0v) is 14.2. The van der Waals surface area contributed by atoms with E-state index in [4.69, 9.17) is 0 Å². The van der Waals surface area contributed by atoms with Crippen molar-refractivity contribution >= 4 is 23.4 Å². The lowest BCUT2D eigenvalue weighted by atomic mass is 9.88. The topological polar surface area (TPSA) is 41.1 Å². The molecule has 0 radical (unpaired) electrons. The molecule has 0 saturated carbocycles. The second kappa shape index (κ2) is 6.73. The molecular formula is C17H26N2OS. The Morgan fingerprint density at radius 1 is 1.29 bits per heavy atom. The lowest BCUT2D eigenvalue weighted by molar-refractivity contribution is 0.0943. The molecule has 21 heavy (non-hydrogen) atoms. The van der Waals surface area contributed by atoms with Crippen molar-refractivity contribution in [3.05, 3.63) is 29.8 Å². The molecule has 0 bridgehead atoms. The fourth-order valence-corrected chi connectivity index (χ4v) is 3.93. The van der Waals surface area contributed by atoms with Gasteiger partial charge in [0.1, 0.15) is 0 Å². The fourth-order valence-electron chi connectivity index (χ4n) is 2.65. The lowest BCUT2D eigenvalue weighted by Gasteiger charge is -2.35. The quantitative estimate of drug-likeness (QED) is 0.889. The van der Waals surface area contributed by atoms with Crippen molar-refractivity contribution in [1.82, 2.24) is 5.32 Å². The van der Waals surface area contributed by atoms with Gasteiger partial charge in [-0.05, 0) is 55.7 Å². The third kappa shape index (κ3) is 4.95. The summed E-state index contributed by atoms with van der Waals surface area (Å²) in [7, 11) is 0. The molecule has 1 saturated heterocycles. The minimum Gasteiger partial charge on any atom is -0.381 e. The van der Waals surface area contributed by atoms with Crippen LogP contribution in [0.15, 0.2) is 24.3 Å². The molecule has 1 amide bonds. The first-order valence-corrected chi connectivity index (χ1v) is 8.76. The van der Waals surface area contributed by atoms with Gasteiger partial charge in [0.15, 0.2) is 0 Å². The zero-order chi connectivity index (χ0) is 15.5. The third-order valence-corrected chi connectivity index (χ3v) is 5.17. The van der Waals surface area contributed by atoms with Crippen LogP contribution in [-0.4, -0.2) is 29.5 Å². The minimum atomic E-state index is -0.00842. The summed E-state index contributed by atoms with van der Waals surface area (Å²) in [6.07, 6.45) is 1.19. The number of anilines is 1. The van der Waals surface area contributed by atoms with Gasteiger partial charge in [-0.1, -0.05) is 13.8 Å². The number of carbonyl (C=O) groups is 1. The molecule has 116 valence electrons. The maximum Gasteiger partial charge on any atom is 0.251 e. The van der Waals surface area contributed by atoms with E-state index in [1.807, 2.05) is 49.9 Å². The Morgan fingerprint density at radius 3 is 2.52 bits per heavy atom. The van der Waals surface area contributed by atoms with Gasteiger partial charge in [0, 0.05) is 29.1 Å². The molecule has 0 aliphatic carbocycles. The summed E-state index contributed by atoms with van der Waals surface area (Å²) in [6, 6.07) is 8.46. The first kappa shape index (κ1) is 16.2. The summed E-state index contributed by atoms with van der Waals surface area (Å²) in [5, 5.41) is 6.50. The Balaban J connectivity index is 1.95. The highest BCUT2D eigenvalue weighted by Crippen LogP contribution is 2.34. The van der Waals surface area contributed by atoms with E-state index < -0.39 is 0 Å². The predicted molar refractivity (Wildman–Crippen MR) is 92.2 cm³/mol. The summed E-state index contributed by atoms with van der Waals surface area (Å²) in [5.74, 6) is 2.38. The predicted octanol–water partition coefficient (Wildman–Crippen LogP) is 3.77. The highest BCUT2D eigenvalue weighted by molar-refractivity contribution is 7.99. The van der Waals surface area contributed by atoms with Crippen molar-refractivity contribution in [2.45, 2.75) is 46.2 Å². The van der Waals surface area contributed by atoms with Crippen molar-refractivity contribution in [2.75, 3.05) is 16.8 Å². The van der Waals surface area contributed by atoms with Crippen molar-refractivity contribution in [3.63, 3.8) is 0 Å². The molecule has 1 atom stereocenters. The van der Waals surface area contributed by atoms with E-state index in [9.17, 15) is 4.79 Å². The minimum absolute atomic E-state index is 0.00842. The summed E-state index contributed by atoms with van der Waals surface area (Å²) in [6.45, 7) is 8.59. The molecule has 2 rings (SSSR count). The summed E-state index contributed by atoms with van der Waals surface area (Å²) in [4.78, 5) is 11.9. The first-order chi connectivity index (χ1) is 9.85. The van der Waals surface area contributed by atoms with Crippen LogP contribution in [0.3, 0.4) is 0 Å². The zero-order valence-electron chi connectivity index (χ0n) is 13.4. The molecule has 1 fully saturated rings. The van der Waals surface area contributed by atoms with Crippen LogP contribution in [0.2, 0.25) is 0 Å². The van der Waals surface area contributed by atoms with Gasteiger partial charge in [0.25, 0.3) is 5.91 Å². The molecule has 1 aromatic rings. The van der Waals surface area contributed by atoms with E-state index in [1.165, 1.54) is 12.2 Å². The molecule has 0 spiro atoms. The molecule has 1 aliphatic heterocycles. The molecule has 1 aromatic carbocycles. The van der Waals surface area contributed by atoms with Gasteiger partial charge in [0.05, 0.1) is 0 Å². The number of hydrogen-bond donors (Lipinski definition) is 2. The Bertz CT molecular complexity index is 482. The maximum absolute atomic E-state index is 11.9. The average Bonchev–Trinajstić information content (AvgIpc) is 2.37. The van der Waals surface area contributed by atoms with Crippen LogP contribution < -0.4 is 10.6 Å². The van der Waals surface area contributed by atoms with E-state index in [1.54, 1.807) is 0 Å². The number of nitrogens with one attached hydrogen (secondary N) is 2. The van der Waals surface area contributed by atoms with Gasteiger partial charge in [-0.2, -0.15) is 11.8 Å². The highest BCUT2D eigenvalue weighted by atomic mass is 32.2. The molecule has 1 aliphatic rings. The van der Waals surface area contributed by atoms with Crippen LogP contribution in [0.25, 0.3) is 0 Å². The Kier molecular flexibility index (Phi) is 5.20. The number of hydrogen-bond acceptors (Lipinski definition) is 3. The molecular weight excluding hydrogens is 280 g/mol. The van der Waals surface area contributed by atoms with E-state index >= 15 is 0 Å². The summed E-state index contributed by atoms with van der Waals surface area (Å²) >= 11 is 2.02. The van der Waals surface area contributed by atoms with Gasteiger partial charge in [0.2, 0.25) is 0 Å². The van der Waals surface area contributed by atoms with E-state index in [0.717, 1.165) is 11.4 Å². The molecule has 1 heterocycles. The molecule has 0 aromatic heterocycles. The molecule has 1 unspecified atom stereocenters. The molecule has 4 heteroatoms. The number of carbonyl (C=O) groups excluding carboxylic acids is 1. The molecule has 2 N–H and O–H groups in total. The van der Waals surface area contributed by atoms with Crippen LogP contribution in [0, 0.1) is 5.41 Å². The smallest absolute Gasteiger partial charge is 0.251 e. The van der Waals surface area contributed by atoms with Crippen molar-refractivity contribution in [1.29, 1.82) is 0 Å². The SMILES string of the molecule is CC(C)NC(=O)c1ccc(NC2CSCC(C)(C)C2)cc1. The number of amides is 1. The van der Waals surface area contributed by atoms with Crippen LogP contribution in [0.4, 0.5) is 5.69 Å². The van der Waals surface area contributed by atoms with E-state index in [2.05, 4.69) is 24.5 Å². The lowest BCUT2D eigenvalue weighted by Crippen LogP contribution is -2.35. The van der Waals surface area contributed by atoms with E-state index in [0.29, 0.717) is 17.0 Å². The monoisotopic (exact) mass is 306 g/mol. The Morgan fingerprint density at radius 2 is 1.95 bits per heavy atom. The van der Waals surface area contributed by atoms with Crippen LogP contribution >= 0.6 is 11.8 Å². The Hall–Kier alpha value is -1.16. The van der Waals surface area contributed by atoms with Crippen LogP contribution in [0.1, 0.15) is 44.5 Å². The standard InChI is InChI=1S/C17H26N2OS/c1-12(2)18-16(20)13-5-7-14(8-6-13)19-15-9-17(3,4)11-21-10-15/h5-8,12,15,19H,9-11H2,1-4H3,(H,18,20). The van der Waals surface area contributed by atoms with Crippen molar-refractivity contribution in [2.24, 2.45) is 5.41 Å². The largest absolute Gasteiger partial charge is 0.381 e. The second-order valence-corrected chi connectivity index (χ2v) is 7.96. The maximum atomic E-state index is 11.9. The fraction of sp³-hybridized carbons (Fsp3) is 0.588. The normalized spacial score (nSPS) is 21.1. The number of thioether (sulfide) groups is 1. The van der Waals surface area contributed by atoms with Crippen molar-refractivity contribution in [3.8, 4) is 0 Å². The highest BCUT2D eigenvalue weighted by Gasteiger charge is 2.28. The third-order valence-electron chi connectivity index (χ3n) is 3.55. The summed E-state index contributed by atoms with van der Waals surface area (Å²) in [5.41, 5.74) is 2.21. The van der Waals surface area contributed by atoms with Crippen LogP contribution in [0.5, 0.6) is 0 Å². The first-order valence-electron chi connectivity index (χ1n) is 7.61. The van der Waals surface area contributed by atoms with Crippen LogP contribution in [-0.2, 0) is 0 Å².